The Labute approximate surface area is 207 Å². The second-order valence-electron chi connectivity index (χ2n) is 10.1. The summed E-state index contributed by atoms with van der Waals surface area (Å²) in [5.41, 5.74) is 3.61. The van der Waals surface area contributed by atoms with Crippen LogP contribution in [0.25, 0.3) is 10.9 Å². The molecule has 0 aliphatic carbocycles. The first-order valence-electron chi connectivity index (χ1n) is 12.6. The van der Waals surface area contributed by atoms with E-state index >= 15 is 0 Å². The number of nitrogens with one attached hydrogen (secondary N) is 2. The second kappa shape index (κ2) is 10.3. The van der Waals surface area contributed by atoms with E-state index in [4.69, 9.17) is 4.74 Å². The smallest absolute Gasteiger partial charge is 0.256 e. The molecule has 1 aliphatic rings. The zero-order chi connectivity index (χ0) is 25.3. The van der Waals surface area contributed by atoms with Gasteiger partial charge in [-0.1, -0.05) is 18.2 Å². The predicted octanol–water partition coefficient (Wildman–Crippen LogP) is 4.57. The summed E-state index contributed by atoms with van der Waals surface area (Å²) < 4.78 is 7.73. The molecule has 1 amide bonds. The maximum Gasteiger partial charge on any atom is 0.256 e. The lowest BCUT2D eigenvalue weighted by atomic mass is 9.89. The van der Waals surface area contributed by atoms with E-state index < -0.39 is 0 Å². The third kappa shape index (κ3) is 4.87. The number of aryl methyl sites for hydroxylation is 1. The highest BCUT2D eigenvalue weighted by Gasteiger charge is 2.29. The van der Waals surface area contributed by atoms with Crippen LogP contribution in [0, 0.1) is 19.8 Å². The molecule has 3 heterocycles. The number of benzene rings is 1. The number of carbonyl (C=O) groups is 1. The van der Waals surface area contributed by atoms with Crippen LogP contribution in [0.15, 0.2) is 35.1 Å². The van der Waals surface area contributed by atoms with Crippen molar-refractivity contribution >= 4 is 16.8 Å². The van der Waals surface area contributed by atoms with Gasteiger partial charge in [0.2, 0.25) is 0 Å². The number of nitrogens with zero attached hydrogens (tertiary/aromatic N) is 2. The zero-order valence-electron chi connectivity index (χ0n) is 21.8. The molecule has 1 atom stereocenters. The minimum atomic E-state index is -0.248. The number of carbonyl (C=O) groups excluding carboxylic acids is 1. The van der Waals surface area contributed by atoms with Gasteiger partial charge in [-0.3, -0.25) is 9.59 Å². The first kappa shape index (κ1) is 25.0. The molecule has 7 nitrogen and oxygen atoms in total. The van der Waals surface area contributed by atoms with Crippen LogP contribution in [0.3, 0.4) is 0 Å². The predicted molar refractivity (Wildman–Crippen MR) is 140 cm³/mol. The van der Waals surface area contributed by atoms with Crippen LogP contribution < -0.4 is 15.6 Å². The van der Waals surface area contributed by atoms with E-state index in [1.807, 2.05) is 25.1 Å². The fourth-order valence-electron chi connectivity index (χ4n) is 5.62. The van der Waals surface area contributed by atoms with Crippen molar-refractivity contribution in [1.29, 1.82) is 0 Å². The molecular formula is C28H38N4O3. The maximum absolute atomic E-state index is 13.5. The Hall–Kier alpha value is -3.06. The second-order valence-corrected chi connectivity index (χ2v) is 10.1. The summed E-state index contributed by atoms with van der Waals surface area (Å²) in [6.07, 6.45) is 2.31. The summed E-state index contributed by atoms with van der Waals surface area (Å²) in [6, 6.07) is 10.8. The minimum absolute atomic E-state index is 0.0970. The fourth-order valence-corrected chi connectivity index (χ4v) is 5.62. The Bertz CT molecular complexity index is 1270. The summed E-state index contributed by atoms with van der Waals surface area (Å²) >= 11 is 0. The number of aromatic nitrogens is 2. The van der Waals surface area contributed by atoms with Crippen molar-refractivity contribution in [3.8, 4) is 5.75 Å². The van der Waals surface area contributed by atoms with Gasteiger partial charge in [0.15, 0.2) is 0 Å². The van der Waals surface area contributed by atoms with Crippen molar-refractivity contribution < 1.29 is 9.53 Å². The number of amides is 1. The lowest BCUT2D eigenvalue weighted by Gasteiger charge is -2.38. The van der Waals surface area contributed by atoms with E-state index in [0.29, 0.717) is 34.5 Å². The van der Waals surface area contributed by atoms with Gasteiger partial charge >= 0.3 is 0 Å². The van der Waals surface area contributed by atoms with Gasteiger partial charge in [0.05, 0.1) is 24.8 Å². The van der Waals surface area contributed by atoms with Crippen LogP contribution in [-0.4, -0.2) is 46.6 Å². The van der Waals surface area contributed by atoms with Crippen molar-refractivity contribution in [3.05, 3.63) is 63.2 Å². The van der Waals surface area contributed by atoms with E-state index in [0.717, 1.165) is 42.5 Å². The molecule has 1 aliphatic heterocycles. The number of ether oxygens (including phenoxy) is 1. The number of para-hydroxylation sites is 1. The monoisotopic (exact) mass is 478 g/mol. The molecule has 0 saturated carbocycles. The lowest BCUT2D eigenvalue weighted by Crippen LogP contribution is -2.40. The molecule has 4 rings (SSSR count). The van der Waals surface area contributed by atoms with E-state index in [-0.39, 0.29) is 24.1 Å². The molecule has 2 aromatic heterocycles. The Kier molecular flexibility index (Phi) is 7.36. The Balaban J connectivity index is 1.62. The third-order valence-corrected chi connectivity index (χ3v) is 7.65. The fraction of sp³-hybridized carbons (Fsp3) is 0.500. The van der Waals surface area contributed by atoms with Crippen LogP contribution >= 0.6 is 0 Å². The molecule has 35 heavy (non-hydrogen) atoms. The molecule has 188 valence electrons. The normalized spacial score (nSPS) is 16.1. The zero-order valence-corrected chi connectivity index (χ0v) is 21.8. The standard InChI is InChI=1S/C28H38N4O3/c1-17(2)31-13-11-21(12-14-31)19(4)32-20(5)26(22-9-7-8-10-24(22)32)28(34)29-16-23-25(35-6)15-18(3)30-27(23)33/h7-10,15,17,19,21H,11-14,16H2,1-6H3,(H,29,34)(H,30,33). The molecule has 3 aromatic rings. The number of hydrogen-bond acceptors (Lipinski definition) is 4. The van der Waals surface area contributed by atoms with E-state index in [1.165, 1.54) is 7.11 Å². The maximum atomic E-state index is 13.5. The van der Waals surface area contributed by atoms with Gasteiger partial charge in [-0.15, -0.1) is 0 Å². The quantitative estimate of drug-likeness (QED) is 0.522. The molecule has 1 fully saturated rings. The number of likely N-dealkylation sites (tertiary alicyclic amines) is 1. The molecule has 1 saturated heterocycles. The van der Waals surface area contributed by atoms with Crippen molar-refractivity contribution in [2.75, 3.05) is 20.2 Å². The van der Waals surface area contributed by atoms with Crippen LogP contribution in [0.5, 0.6) is 5.75 Å². The van der Waals surface area contributed by atoms with Crippen LogP contribution in [0.4, 0.5) is 0 Å². The Morgan fingerprint density at radius 1 is 1.17 bits per heavy atom. The van der Waals surface area contributed by atoms with Crippen molar-refractivity contribution in [2.45, 2.75) is 66.1 Å². The largest absolute Gasteiger partial charge is 0.496 e. The van der Waals surface area contributed by atoms with Gasteiger partial charge in [-0.2, -0.15) is 0 Å². The van der Waals surface area contributed by atoms with Gasteiger partial charge in [0, 0.05) is 34.4 Å². The molecule has 7 heteroatoms. The number of fused-ring (bicyclic) bond motifs is 1. The van der Waals surface area contributed by atoms with Gasteiger partial charge in [-0.05, 0) is 78.6 Å². The molecule has 2 N–H and O–H groups in total. The topological polar surface area (TPSA) is 79.4 Å². The van der Waals surface area contributed by atoms with Crippen molar-refractivity contribution in [2.24, 2.45) is 5.92 Å². The number of pyridine rings is 1. The molecule has 0 spiro atoms. The summed E-state index contributed by atoms with van der Waals surface area (Å²) in [4.78, 5) is 31.3. The van der Waals surface area contributed by atoms with Crippen LogP contribution in [-0.2, 0) is 6.54 Å². The van der Waals surface area contributed by atoms with Gasteiger partial charge in [0.1, 0.15) is 5.75 Å². The highest BCUT2D eigenvalue weighted by molar-refractivity contribution is 6.08. The summed E-state index contributed by atoms with van der Waals surface area (Å²) in [6.45, 7) is 13.0. The molecule has 0 bridgehead atoms. The number of methoxy groups -OCH3 is 1. The lowest BCUT2D eigenvalue weighted by molar-refractivity contribution is 0.0950. The number of aromatic amines is 1. The van der Waals surface area contributed by atoms with Gasteiger partial charge in [-0.25, -0.2) is 0 Å². The first-order valence-corrected chi connectivity index (χ1v) is 12.6. The molecular weight excluding hydrogens is 440 g/mol. The number of rotatable bonds is 7. The van der Waals surface area contributed by atoms with Crippen molar-refractivity contribution in [1.82, 2.24) is 19.8 Å². The number of hydrogen-bond donors (Lipinski definition) is 2. The summed E-state index contributed by atoms with van der Waals surface area (Å²) in [5, 5.41) is 3.92. The molecule has 0 radical (unpaired) electrons. The van der Waals surface area contributed by atoms with E-state index in [9.17, 15) is 9.59 Å². The highest BCUT2D eigenvalue weighted by atomic mass is 16.5. The van der Waals surface area contributed by atoms with E-state index in [2.05, 4.69) is 46.6 Å². The molecule has 1 aromatic carbocycles. The third-order valence-electron chi connectivity index (χ3n) is 7.65. The SMILES string of the molecule is COc1cc(C)[nH]c(=O)c1CNC(=O)c1c(C)n(C(C)C2CCN(C(C)C)CC2)c2ccccc12. The number of piperidine rings is 1. The van der Waals surface area contributed by atoms with E-state index in [1.54, 1.807) is 13.0 Å². The van der Waals surface area contributed by atoms with Gasteiger partial charge < -0.3 is 24.5 Å². The highest BCUT2D eigenvalue weighted by Crippen LogP contribution is 2.36. The van der Waals surface area contributed by atoms with Gasteiger partial charge in [0.25, 0.3) is 11.5 Å². The summed E-state index contributed by atoms with van der Waals surface area (Å²) in [5.74, 6) is 0.860. The average molecular weight is 479 g/mol. The first-order chi connectivity index (χ1) is 16.7. The van der Waals surface area contributed by atoms with Crippen LogP contribution in [0.1, 0.15) is 67.0 Å². The Morgan fingerprint density at radius 2 is 1.86 bits per heavy atom. The minimum Gasteiger partial charge on any atom is -0.496 e. The number of H-pyrrole nitrogens is 1. The molecule has 1 unspecified atom stereocenters. The Morgan fingerprint density at radius 3 is 2.51 bits per heavy atom. The average Bonchev–Trinajstić information content (AvgIpc) is 3.14. The van der Waals surface area contributed by atoms with Crippen molar-refractivity contribution in [3.63, 3.8) is 0 Å². The van der Waals surface area contributed by atoms with Crippen LogP contribution in [0.2, 0.25) is 0 Å². The summed E-state index contributed by atoms with van der Waals surface area (Å²) in [7, 11) is 1.53.